The minimum absolute atomic E-state index is 0.119. The first-order valence-corrected chi connectivity index (χ1v) is 11.0. The summed E-state index contributed by atoms with van der Waals surface area (Å²) in [6.45, 7) is 0. The molecule has 0 saturated carbocycles. The van der Waals surface area contributed by atoms with Crippen molar-refractivity contribution >= 4 is 18.0 Å². The summed E-state index contributed by atoms with van der Waals surface area (Å²) in [5.41, 5.74) is 3.27. The zero-order valence-corrected chi connectivity index (χ0v) is 18.6. The highest BCUT2D eigenvalue weighted by Crippen LogP contribution is 2.26. The first-order chi connectivity index (χ1) is 17.2. The van der Waals surface area contributed by atoms with Gasteiger partial charge in [0.2, 0.25) is 0 Å². The number of ether oxygens (including phenoxy) is 1. The SMILES string of the molecule is O=C(Oc1cccc(C=Nc2cc(-c3ccccc3)nn2-c2ccccc2)c1)c1ccccc1F. The van der Waals surface area contributed by atoms with Crippen molar-refractivity contribution in [1.82, 2.24) is 9.78 Å². The van der Waals surface area contributed by atoms with E-state index in [-0.39, 0.29) is 5.56 Å². The van der Waals surface area contributed by atoms with Crippen molar-refractivity contribution in [2.75, 3.05) is 0 Å². The number of rotatable bonds is 6. The van der Waals surface area contributed by atoms with Gasteiger partial charge >= 0.3 is 5.97 Å². The standard InChI is InChI=1S/C29H20FN3O2/c30-26-17-8-7-16-25(26)29(34)35-24-15-9-10-21(18-24)20-31-28-19-27(22-11-3-1-4-12-22)32-33(28)23-13-5-2-6-14-23/h1-20H. The Morgan fingerprint density at radius 1 is 0.829 bits per heavy atom. The van der Waals surface area contributed by atoms with Crippen molar-refractivity contribution in [3.63, 3.8) is 0 Å². The zero-order valence-electron chi connectivity index (χ0n) is 18.6. The van der Waals surface area contributed by atoms with Gasteiger partial charge in [0.25, 0.3) is 0 Å². The van der Waals surface area contributed by atoms with Gasteiger partial charge in [-0.15, -0.1) is 0 Å². The first-order valence-electron chi connectivity index (χ1n) is 11.0. The van der Waals surface area contributed by atoms with E-state index in [9.17, 15) is 9.18 Å². The highest BCUT2D eigenvalue weighted by atomic mass is 19.1. The number of carbonyl (C=O) groups excluding carboxylic acids is 1. The zero-order chi connectivity index (χ0) is 24.0. The van der Waals surface area contributed by atoms with Gasteiger partial charge in [0.1, 0.15) is 11.6 Å². The van der Waals surface area contributed by atoms with Crippen LogP contribution in [0.5, 0.6) is 5.75 Å². The number of halogens is 1. The average molecular weight is 461 g/mol. The largest absolute Gasteiger partial charge is 0.423 e. The molecule has 6 heteroatoms. The second-order valence-corrected chi connectivity index (χ2v) is 7.70. The minimum Gasteiger partial charge on any atom is -0.423 e. The number of hydrogen-bond acceptors (Lipinski definition) is 4. The van der Waals surface area contributed by atoms with Crippen LogP contribution in [-0.2, 0) is 0 Å². The Morgan fingerprint density at radius 2 is 1.54 bits per heavy atom. The van der Waals surface area contributed by atoms with Crippen LogP contribution >= 0.6 is 0 Å². The summed E-state index contributed by atoms with van der Waals surface area (Å²) in [5.74, 6) is -0.446. The Bertz CT molecular complexity index is 1500. The molecule has 5 rings (SSSR count). The fourth-order valence-corrected chi connectivity index (χ4v) is 3.56. The van der Waals surface area contributed by atoms with Crippen molar-refractivity contribution in [3.8, 4) is 22.7 Å². The van der Waals surface area contributed by atoms with E-state index >= 15 is 0 Å². The van der Waals surface area contributed by atoms with E-state index < -0.39 is 11.8 Å². The second kappa shape index (κ2) is 9.97. The van der Waals surface area contributed by atoms with E-state index in [0.717, 1.165) is 16.9 Å². The molecule has 170 valence electrons. The van der Waals surface area contributed by atoms with E-state index in [2.05, 4.69) is 4.99 Å². The van der Waals surface area contributed by atoms with Gasteiger partial charge in [0, 0.05) is 17.8 Å². The summed E-state index contributed by atoms with van der Waals surface area (Å²) >= 11 is 0. The lowest BCUT2D eigenvalue weighted by Crippen LogP contribution is -2.10. The number of benzene rings is 4. The molecule has 0 aliphatic carbocycles. The Kier molecular flexibility index (Phi) is 6.26. The molecule has 0 saturated heterocycles. The van der Waals surface area contributed by atoms with Crippen molar-refractivity contribution in [1.29, 1.82) is 0 Å². The van der Waals surface area contributed by atoms with Gasteiger partial charge in [-0.3, -0.25) is 0 Å². The van der Waals surface area contributed by atoms with Crippen LogP contribution in [0.3, 0.4) is 0 Å². The van der Waals surface area contributed by atoms with Gasteiger partial charge in [-0.1, -0.05) is 72.8 Å². The molecule has 0 atom stereocenters. The maximum absolute atomic E-state index is 13.9. The van der Waals surface area contributed by atoms with Gasteiger partial charge < -0.3 is 4.74 Å². The molecule has 0 aliphatic rings. The lowest BCUT2D eigenvalue weighted by Gasteiger charge is -2.06. The average Bonchev–Trinajstić information content (AvgIpc) is 3.33. The van der Waals surface area contributed by atoms with E-state index in [1.54, 1.807) is 35.2 Å². The monoisotopic (exact) mass is 461 g/mol. The molecule has 0 aliphatic heterocycles. The molecule has 0 unspecified atom stereocenters. The molecule has 0 radical (unpaired) electrons. The molecular weight excluding hydrogens is 441 g/mol. The number of aromatic nitrogens is 2. The number of hydrogen-bond donors (Lipinski definition) is 0. The van der Waals surface area contributed by atoms with Crippen LogP contribution in [0.25, 0.3) is 16.9 Å². The number of aliphatic imine (C=N–C) groups is 1. The molecule has 1 aromatic heterocycles. The molecule has 0 bridgehead atoms. The van der Waals surface area contributed by atoms with Crippen molar-refractivity contribution < 1.29 is 13.9 Å². The van der Waals surface area contributed by atoms with E-state index in [1.165, 1.54) is 18.2 Å². The molecule has 1 heterocycles. The third-order valence-electron chi connectivity index (χ3n) is 5.27. The van der Waals surface area contributed by atoms with Crippen LogP contribution in [0, 0.1) is 5.82 Å². The number of nitrogens with zero attached hydrogens (tertiary/aromatic N) is 3. The predicted octanol–water partition coefficient (Wildman–Crippen LogP) is 6.65. The van der Waals surface area contributed by atoms with Gasteiger partial charge in [0.15, 0.2) is 5.82 Å². The molecule has 0 amide bonds. The Balaban J connectivity index is 1.43. The van der Waals surface area contributed by atoms with Crippen LogP contribution < -0.4 is 4.74 Å². The normalized spacial score (nSPS) is 11.0. The van der Waals surface area contributed by atoms with Gasteiger partial charge in [-0.2, -0.15) is 5.10 Å². The lowest BCUT2D eigenvalue weighted by molar-refractivity contribution is 0.0730. The quantitative estimate of drug-likeness (QED) is 0.162. The van der Waals surface area contributed by atoms with Crippen molar-refractivity contribution in [2.45, 2.75) is 0 Å². The lowest BCUT2D eigenvalue weighted by atomic mass is 10.1. The fourth-order valence-electron chi connectivity index (χ4n) is 3.56. The van der Waals surface area contributed by atoms with Gasteiger partial charge in [-0.25, -0.2) is 18.9 Å². The molecule has 0 spiro atoms. The van der Waals surface area contributed by atoms with Crippen molar-refractivity contribution in [2.24, 2.45) is 4.99 Å². The Labute approximate surface area is 201 Å². The molecular formula is C29H20FN3O2. The van der Waals surface area contributed by atoms with Crippen LogP contribution in [-0.4, -0.2) is 22.0 Å². The summed E-state index contributed by atoms with van der Waals surface area (Å²) < 4.78 is 21.1. The summed E-state index contributed by atoms with van der Waals surface area (Å²) in [5, 5.41) is 4.76. The number of esters is 1. The fraction of sp³-hybridized carbons (Fsp3) is 0. The minimum atomic E-state index is -0.758. The molecule has 5 aromatic rings. The highest BCUT2D eigenvalue weighted by Gasteiger charge is 2.14. The second-order valence-electron chi connectivity index (χ2n) is 7.70. The molecule has 4 aromatic carbocycles. The van der Waals surface area contributed by atoms with Crippen LogP contribution in [0.4, 0.5) is 10.2 Å². The Morgan fingerprint density at radius 3 is 2.31 bits per heavy atom. The summed E-state index contributed by atoms with van der Waals surface area (Å²) in [6, 6.07) is 34.2. The maximum Gasteiger partial charge on any atom is 0.346 e. The summed E-state index contributed by atoms with van der Waals surface area (Å²) in [4.78, 5) is 17.0. The third-order valence-corrected chi connectivity index (χ3v) is 5.27. The van der Waals surface area contributed by atoms with E-state index in [1.807, 2.05) is 72.8 Å². The maximum atomic E-state index is 13.9. The molecule has 0 N–H and O–H groups in total. The molecule has 0 fully saturated rings. The number of para-hydroxylation sites is 1. The van der Waals surface area contributed by atoms with Crippen molar-refractivity contribution in [3.05, 3.63) is 132 Å². The Hall–Kier alpha value is -4.84. The highest BCUT2D eigenvalue weighted by molar-refractivity contribution is 5.91. The van der Waals surface area contributed by atoms with Gasteiger partial charge in [-0.05, 0) is 42.0 Å². The summed E-state index contributed by atoms with van der Waals surface area (Å²) in [6.07, 6.45) is 1.67. The van der Waals surface area contributed by atoms with Crippen LogP contribution in [0.1, 0.15) is 15.9 Å². The van der Waals surface area contributed by atoms with Gasteiger partial charge in [0.05, 0.1) is 16.9 Å². The van der Waals surface area contributed by atoms with E-state index in [0.29, 0.717) is 17.1 Å². The topological polar surface area (TPSA) is 56.5 Å². The predicted molar refractivity (Wildman–Crippen MR) is 134 cm³/mol. The summed E-state index contributed by atoms with van der Waals surface area (Å²) in [7, 11) is 0. The smallest absolute Gasteiger partial charge is 0.346 e. The third kappa shape index (κ3) is 5.07. The molecule has 35 heavy (non-hydrogen) atoms. The molecule has 5 nitrogen and oxygen atoms in total. The van der Waals surface area contributed by atoms with Crippen LogP contribution in [0.2, 0.25) is 0 Å². The first kappa shape index (κ1) is 22.0. The number of carbonyl (C=O) groups is 1. The van der Waals surface area contributed by atoms with E-state index in [4.69, 9.17) is 9.84 Å². The van der Waals surface area contributed by atoms with Crippen LogP contribution in [0.15, 0.2) is 120 Å².